The largest absolute Gasteiger partial charge is 0.508 e. The Morgan fingerprint density at radius 3 is 2.17 bits per heavy atom. The number of hydrogen-bond acceptors (Lipinski definition) is 7. The Morgan fingerprint density at radius 2 is 1.46 bits per heavy atom. The molecular formula is C28H29NO5S. The van der Waals surface area contributed by atoms with Crippen LogP contribution >= 0.6 is 11.3 Å². The van der Waals surface area contributed by atoms with E-state index < -0.39 is 0 Å². The predicted octanol–water partition coefficient (Wildman–Crippen LogP) is 7.06. The first-order chi connectivity index (χ1) is 17.2. The van der Waals surface area contributed by atoms with Gasteiger partial charge < -0.3 is 24.1 Å². The number of aromatic hydroxyl groups is 1. The molecule has 5 rings (SSSR count). The highest BCUT2D eigenvalue weighted by Gasteiger charge is 2.18. The van der Waals surface area contributed by atoms with Crippen LogP contribution in [0.15, 0.2) is 66.7 Å². The average molecular weight is 492 g/mol. The van der Waals surface area contributed by atoms with E-state index in [4.69, 9.17) is 18.9 Å². The van der Waals surface area contributed by atoms with E-state index in [9.17, 15) is 5.11 Å². The van der Waals surface area contributed by atoms with Crippen LogP contribution in [0.5, 0.6) is 39.6 Å². The monoisotopic (exact) mass is 491 g/mol. The quantitative estimate of drug-likeness (QED) is 0.270. The molecule has 0 amide bonds. The van der Waals surface area contributed by atoms with Gasteiger partial charge in [0.2, 0.25) is 5.06 Å². The van der Waals surface area contributed by atoms with Gasteiger partial charge in [0.15, 0.2) is 5.75 Å². The van der Waals surface area contributed by atoms with Crippen LogP contribution in [-0.2, 0) is 0 Å². The molecule has 1 aliphatic rings. The average Bonchev–Trinajstić information content (AvgIpc) is 3.21. The Kier molecular flexibility index (Phi) is 7.25. The number of nitrogens with zero attached hydrogens (tertiary/aromatic N) is 1. The molecule has 0 aliphatic carbocycles. The molecule has 1 saturated heterocycles. The zero-order valence-electron chi connectivity index (χ0n) is 19.7. The van der Waals surface area contributed by atoms with Gasteiger partial charge in [-0.3, -0.25) is 4.90 Å². The van der Waals surface area contributed by atoms with Crippen molar-refractivity contribution in [1.82, 2.24) is 4.90 Å². The summed E-state index contributed by atoms with van der Waals surface area (Å²) in [6, 6.07) is 20.3. The number of benzene rings is 3. The molecule has 182 valence electrons. The van der Waals surface area contributed by atoms with Gasteiger partial charge in [0.1, 0.15) is 35.4 Å². The summed E-state index contributed by atoms with van der Waals surface area (Å²) in [6.07, 6.45) is 3.91. The van der Waals surface area contributed by atoms with Gasteiger partial charge in [-0.25, -0.2) is 0 Å². The van der Waals surface area contributed by atoms with Crippen molar-refractivity contribution in [2.24, 2.45) is 0 Å². The van der Waals surface area contributed by atoms with Gasteiger partial charge in [0.25, 0.3) is 0 Å². The van der Waals surface area contributed by atoms with Crippen molar-refractivity contribution in [2.45, 2.75) is 19.3 Å². The molecule has 2 heterocycles. The summed E-state index contributed by atoms with van der Waals surface area (Å²) < 4.78 is 24.5. The van der Waals surface area contributed by atoms with Crippen molar-refractivity contribution in [3.8, 4) is 39.6 Å². The summed E-state index contributed by atoms with van der Waals surface area (Å²) >= 11 is 1.42. The van der Waals surface area contributed by atoms with Gasteiger partial charge in [-0.1, -0.05) is 17.8 Å². The molecule has 0 bridgehead atoms. The van der Waals surface area contributed by atoms with Crippen LogP contribution in [0.1, 0.15) is 19.3 Å². The van der Waals surface area contributed by atoms with E-state index in [-0.39, 0.29) is 5.75 Å². The number of ether oxygens (including phenoxy) is 4. The molecule has 0 unspecified atom stereocenters. The van der Waals surface area contributed by atoms with Crippen molar-refractivity contribution in [3.05, 3.63) is 66.7 Å². The number of methoxy groups -OCH3 is 1. The van der Waals surface area contributed by atoms with E-state index in [1.54, 1.807) is 19.2 Å². The number of hydrogen-bond donors (Lipinski definition) is 1. The van der Waals surface area contributed by atoms with E-state index in [2.05, 4.69) is 4.90 Å². The van der Waals surface area contributed by atoms with Crippen molar-refractivity contribution in [3.63, 3.8) is 0 Å². The second-order valence-corrected chi connectivity index (χ2v) is 9.52. The second kappa shape index (κ2) is 10.9. The maximum atomic E-state index is 9.95. The van der Waals surface area contributed by atoms with E-state index in [1.165, 1.54) is 43.7 Å². The van der Waals surface area contributed by atoms with Crippen LogP contribution in [0.25, 0.3) is 10.1 Å². The Hall–Kier alpha value is -3.42. The van der Waals surface area contributed by atoms with Crippen molar-refractivity contribution < 1.29 is 24.1 Å². The molecule has 7 heteroatoms. The Balaban J connectivity index is 1.30. The summed E-state index contributed by atoms with van der Waals surface area (Å²) in [5.74, 6) is 3.74. The lowest BCUT2D eigenvalue weighted by molar-refractivity contribution is 0.183. The summed E-state index contributed by atoms with van der Waals surface area (Å²) in [5, 5.41) is 11.4. The summed E-state index contributed by atoms with van der Waals surface area (Å²) in [7, 11) is 1.63. The van der Waals surface area contributed by atoms with Crippen molar-refractivity contribution >= 4 is 21.4 Å². The first kappa shape index (κ1) is 23.3. The molecule has 0 atom stereocenters. The minimum atomic E-state index is 0.201. The van der Waals surface area contributed by atoms with Gasteiger partial charge >= 0.3 is 0 Å². The first-order valence-corrected chi connectivity index (χ1v) is 12.7. The predicted molar refractivity (Wildman–Crippen MR) is 139 cm³/mol. The number of thiophene rings is 1. The van der Waals surface area contributed by atoms with E-state index in [1.807, 2.05) is 54.6 Å². The molecule has 6 nitrogen and oxygen atoms in total. The number of piperidine rings is 1. The molecule has 4 aromatic rings. The van der Waals surface area contributed by atoms with Crippen LogP contribution in [0.4, 0.5) is 0 Å². The highest BCUT2D eigenvalue weighted by Crippen LogP contribution is 2.48. The lowest BCUT2D eigenvalue weighted by atomic mass is 10.1. The second-order valence-electron chi connectivity index (χ2n) is 8.50. The number of fused-ring (bicyclic) bond motifs is 1. The normalized spacial score (nSPS) is 14.1. The fraction of sp³-hybridized carbons (Fsp3) is 0.286. The summed E-state index contributed by atoms with van der Waals surface area (Å²) in [6.45, 7) is 3.98. The number of phenols is 1. The third kappa shape index (κ3) is 5.81. The third-order valence-corrected chi connectivity index (χ3v) is 7.05. The van der Waals surface area contributed by atoms with Gasteiger partial charge in [0, 0.05) is 16.6 Å². The SMILES string of the molecule is COc1ccc(Oc2sc3cc(O)ccc3c2Oc2ccc(OCCN3CCCCC3)cc2)cc1. The zero-order chi connectivity index (χ0) is 24.0. The molecule has 1 N–H and O–H groups in total. The van der Waals surface area contributed by atoms with Crippen LogP contribution in [0.2, 0.25) is 0 Å². The van der Waals surface area contributed by atoms with Crippen LogP contribution in [0, 0.1) is 0 Å². The van der Waals surface area contributed by atoms with Crippen LogP contribution in [-0.4, -0.2) is 43.4 Å². The number of likely N-dealkylation sites (tertiary alicyclic amines) is 1. The standard InChI is InChI=1S/C28H29NO5S/c1-31-21-6-10-24(11-7-21)34-28-27(25-14-5-20(30)19-26(25)35-28)33-23-12-8-22(9-13-23)32-18-17-29-15-3-2-4-16-29/h5-14,19,30H,2-4,15-18H2,1H3. The molecule has 3 aromatic carbocycles. The third-order valence-electron chi connectivity index (χ3n) is 6.04. The maximum absolute atomic E-state index is 9.95. The highest BCUT2D eigenvalue weighted by atomic mass is 32.1. The van der Waals surface area contributed by atoms with Gasteiger partial charge in [0.05, 0.1) is 7.11 Å². The molecular weight excluding hydrogens is 462 g/mol. The van der Waals surface area contributed by atoms with Gasteiger partial charge in [-0.05, 0) is 92.7 Å². The maximum Gasteiger partial charge on any atom is 0.224 e. The lowest BCUT2D eigenvalue weighted by Crippen LogP contribution is -2.33. The molecule has 35 heavy (non-hydrogen) atoms. The number of phenolic OH excluding ortho intramolecular Hbond substituents is 1. The molecule has 0 radical (unpaired) electrons. The van der Waals surface area contributed by atoms with Gasteiger partial charge in [-0.2, -0.15) is 0 Å². The fourth-order valence-corrected chi connectivity index (χ4v) is 5.18. The van der Waals surface area contributed by atoms with E-state index >= 15 is 0 Å². The smallest absolute Gasteiger partial charge is 0.224 e. The number of rotatable bonds is 9. The zero-order valence-corrected chi connectivity index (χ0v) is 20.6. The van der Waals surface area contributed by atoms with E-state index in [0.717, 1.165) is 28.1 Å². The Bertz CT molecular complexity index is 1250. The van der Waals surface area contributed by atoms with Crippen molar-refractivity contribution in [1.29, 1.82) is 0 Å². The minimum absolute atomic E-state index is 0.201. The first-order valence-electron chi connectivity index (χ1n) is 11.9. The molecule has 1 aliphatic heterocycles. The minimum Gasteiger partial charge on any atom is -0.508 e. The van der Waals surface area contributed by atoms with Crippen LogP contribution < -0.4 is 18.9 Å². The molecule has 0 saturated carbocycles. The molecule has 0 spiro atoms. The van der Waals surface area contributed by atoms with Crippen molar-refractivity contribution in [2.75, 3.05) is 33.4 Å². The Morgan fingerprint density at radius 1 is 0.800 bits per heavy atom. The molecule has 1 aromatic heterocycles. The molecule has 1 fully saturated rings. The Labute approximate surface area is 209 Å². The fourth-order valence-electron chi connectivity index (χ4n) is 4.15. The lowest BCUT2D eigenvalue weighted by Gasteiger charge is -2.26. The topological polar surface area (TPSA) is 60.4 Å². The summed E-state index contributed by atoms with van der Waals surface area (Å²) in [5.41, 5.74) is 0. The summed E-state index contributed by atoms with van der Waals surface area (Å²) in [4.78, 5) is 2.46. The van der Waals surface area contributed by atoms with Crippen LogP contribution in [0.3, 0.4) is 0 Å². The van der Waals surface area contributed by atoms with E-state index in [0.29, 0.717) is 28.9 Å². The highest BCUT2D eigenvalue weighted by molar-refractivity contribution is 7.21. The van der Waals surface area contributed by atoms with Gasteiger partial charge in [-0.15, -0.1) is 0 Å².